The van der Waals surface area contributed by atoms with Gasteiger partial charge in [-0.2, -0.15) is 5.10 Å². The number of rotatable bonds is 7. The highest BCUT2D eigenvalue weighted by Gasteiger charge is 2.17. The molecule has 0 aromatic heterocycles. The maximum atomic E-state index is 12.2. The zero-order valence-electron chi connectivity index (χ0n) is 15.3. The highest BCUT2D eigenvalue weighted by molar-refractivity contribution is 6.35. The van der Waals surface area contributed by atoms with Crippen molar-refractivity contribution in [2.45, 2.75) is 13.3 Å². The molecule has 1 aromatic rings. The van der Waals surface area contributed by atoms with E-state index in [1.54, 1.807) is 29.2 Å². The molecule has 1 saturated heterocycles. The summed E-state index contributed by atoms with van der Waals surface area (Å²) in [7, 11) is 0. The molecule has 0 spiro atoms. The number of nitrogens with zero attached hydrogens (tertiary/aromatic N) is 2. The molecular weight excluding hydrogens is 352 g/mol. The molecule has 0 aliphatic carbocycles. The third-order valence-corrected chi connectivity index (χ3v) is 3.75. The molecule has 0 radical (unpaired) electrons. The minimum absolute atomic E-state index is 0.101. The van der Waals surface area contributed by atoms with Crippen molar-refractivity contribution in [3.63, 3.8) is 0 Å². The van der Waals surface area contributed by atoms with Gasteiger partial charge >= 0.3 is 11.8 Å². The average Bonchev–Trinajstić information content (AvgIpc) is 2.71. The van der Waals surface area contributed by atoms with Crippen LogP contribution in [0.15, 0.2) is 29.4 Å². The van der Waals surface area contributed by atoms with Crippen LogP contribution in [0.4, 0.5) is 0 Å². The molecule has 1 heterocycles. The number of ether oxygens (including phenoxy) is 2. The number of hydrogen-bond acceptors (Lipinski definition) is 6. The second-order valence-electron chi connectivity index (χ2n) is 5.77. The Morgan fingerprint density at radius 2 is 1.96 bits per heavy atom. The van der Waals surface area contributed by atoms with E-state index in [0.29, 0.717) is 44.2 Å². The summed E-state index contributed by atoms with van der Waals surface area (Å²) in [6.07, 6.45) is 2.09. The molecule has 3 amide bonds. The fourth-order valence-corrected chi connectivity index (χ4v) is 2.29. The van der Waals surface area contributed by atoms with Crippen LogP contribution in [0.1, 0.15) is 18.9 Å². The summed E-state index contributed by atoms with van der Waals surface area (Å²) < 4.78 is 10.8. The maximum Gasteiger partial charge on any atom is 0.329 e. The van der Waals surface area contributed by atoms with Crippen LogP contribution >= 0.6 is 0 Å². The third kappa shape index (κ3) is 6.70. The molecule has 0 saturated carbocycles. The van der Waals surface area contributed by atoms with Crippen molar-refractivity contribution in [3.05, 3.63) is 29.8 Å². The summed E-state index contributed by atoms with van der Waals surface area (Å²) in [4.78, 5) is 36.9. The Morgan fingerprint density at radius 3 is 2.70 bits per heavy atom. The van der Waals surface area contributed by atoms with Crippen LogP contribution in [0.25, 0.3) is 0 Å². The molecule has 0 atom stereocenters. The second kappa shape index (κ2) is 10.9. The Bertz CT molecular complexity index is 686. The van der Waals surface area contributed by atoms with E-state index in [2.05, 4.69) is 15.8 Å². The lowest BCUT2D eigenvalue weighted by Crippen LogP contribution is -2.43. The third-order valence-electron chi connectivity index (χ3n) is 3.75. The molecule has 1 aromatic carbocycles. The van der Waals surface area contributed by atoms with Crippen LogP contribution in [-0.4, -0.2) is 68.3 Å². The summed E-state index contributed by atoms with van der Waals surface area (Å²) in [5.74, 6) is -1.26. The molecular formula is C18H24N4O5. The summed E-state index contributed by atoms with van der Waals surface area (Å²) in [5.41, 5.74) is 2.73. The highest BCUT2D eigenvalue weighted by Crippen LogP contribution is 2.16. The van der Waals surface area contributed by atoms with E-state index in [9.17, 15) is 14.4 Å². The van der Waals surface area contributed by atoms with Gasteiger partial charge in [-0.1, -0.05) is 19.1 Å². The number of hydrazone groups is 1. The molecule has 0 bridgehead atoms. The Morgan fingerprint density at radius 1 is 1.22 bits per heavy atom. The molecule has 2 N–H and O–H groups in total. The number of morpholine rings is 1. The van der Waals surface area contributed by atoms with Crippen LogP contribution in [0.5, 0.6) is 5.75 Å². The van der Waals surface area contributed by atoms with E-state index in [0.717, 1.165) is 6.42 Å². The van der Waals surface area contributed by atoms with Gasteiger partial charge in [-0.15, -0.1) is 0 Å². The lowest BCUT2D eigenvalue weighted by molar-refractivity contribution is -0.139. The summed E-state index contributed by atoms with van der Waals surface area (Å²) in [6.45, 7) is 4.37. The number of amides is 3. The Kier molecular flexibility index (Phi) is 8.24. The number of para-hydroxylation sites is 1. The molecule has 1 aliphatic rings. The van der Waals surface area contributed by atoms with E-state index in [1.165, 1.54) is 6.21 Å². The first-order valence-corrected chi connectivity index (χ1v) is 8.80. The quantitative estimate of drug-likeness (QED) is 0.392. The van der Waals surface area contributed by atoms with Gasteiger partial charge < -0.3 is 19.7 Å². The van der Waals surface area contributed by atoms with E-state index >= 15 is 0 Å². The maximum absolute atomic E-state index is 12.2. The predicted octanol–water partition coefficient (Wildman–Crippen LogP) is -0.0995. The van der Waals surface area contributed by atoms with Gasteiger partial charge in [0.1, 0.15) is 5.75 Å². The van der Waals surface area contributed by atoms with Gasteiger partial charge in [0.2, 0.25) is 0 Å². The highest BCUT2D eigenvalue weighted by atomic mass is 16.5. The van der Waals surface area contributed by atoms with Crippen LogP contribution in [0.3, 0.4) is 0 Å². The largest absolute Gasteiger partial charge is 0.483 e. The normalized spacial score (nSPS) is 14.0. The lowest BCUT2D eigenvalue weighted by atomic mass is 10.2. The summed E-state index contributed by atoms with van der Waals surface area (Å²) in [5, 5.41) is 6.23. The predicted molar refractivity (Wildman–Crippen MR) is 98.4 cm³/mol. The second-order valence-corrected chi connectivity index (χ2v) is 5.77. The van der Waals surface area contributed by atoms with Crippen LogP contribution in [0, 0.1) is 0 Å². The summed E-state index contributed by atoms with van der Waals surface area (Å²) in [6, 6.07) is 6.96. The molecule has 0 unspecified atom stereocenters. The van der Waals surface area contributed by atoms with Crippen molar-refractivity contribution < 1.29 is 23.9 Å². The number of nitrogens with one attached hydrogen (secondary N) is 2. The SMILES string of the molecule is CCCNC(=O)C(=O)N/N=C\c1ccccc1OCC(=O)N1CCOCC1. The van der Waals surface area contributed by atoms with E-state index in [4.69, 9.17) is 9.47 Å². The molecule has 1 aliphatic heterocycles. The molecule has 1 fully saturated rings. The molecule has 2 rings (SSSR count). The topological polar surface area (TPSA) is 109 Å². The minimum Gasteiger partial charge on any atom is -0.483 e. The zero-order chi connectivity index (χ0) is 19.5. The monoisotopic (exact) mass is 376 g/mol. The van der Waals surface area contributed by atoms with Crippen molar-refractivity contribution in [1.29, 1.82) is 0 Å². The van der Waals surface area contributed by atoms with Gasteiger partial charge in [-0.3, -0.25) is 14.4 Å². The first-order chi connectivity index (χ1) is 13.1. The van der Waals surface area contributed by atoms with Crippen LogP contribution in [-0.2, 0) is 19.1 Å². The fourth-order valence-electron chi connectivity index (χ4n) is 2.29. The van der Waals surface area contributed by atoms with Gasteiger partial charge in [0.05, 0.1) is 19.4 Å². The number of carbonyl (C=O) groups excluding carboxylic acids is 3. The Balaban J connectivity index is 1.88. The smallest absolute Gasteiger partial charge is 0.329 e. The van der Waals surface area contributed by atoms with Crippen molar-refractivity contribution in [1.82, 2.24) is 15.6 Å². The molecule has 9 heteroatoms. The van der Waals surface area contributed by atoms with Gasteiger partial charge in [-0.05, 0) is 18.6 Å². The first-order valence-electron chi connectivity index (χ1n) is 8.80. The van der Waals surface area contributed by atoms with Crippen molar-refractivity contribution >= 4 is 23.9 Å². The van der Waals surface area contributed by atoms with Gasteiger partial charge in [0, 0.05) is 25.2 Å². The summed E-state index contributed by atoms with van der Waals surface area (Å²) >= 11 is 0. The molecule has 27 heavy (non-hydrogen) atoms. The minimum atomic E-state index is -0.847. The van der Waals surface area contributed by atoms with E-state index < -0.39 is 11.8 Å². The number of hydrogen-bond donors (Lipinski definition) is 2. The van der Waals surface area contributed by atoms with E-state index in [-0.39, 0.29) is 12.5 Å². The lowest BCUT2D eigenvalue weighted by Gasteiger charge is -2.26. The van der Waals surface area contributed by atoms with Crippen LogP contribution in [0.2, 0.25) is 0 Å². The number of carbonyl (C=O) groups is 3. The molecule has 146 valence electrons. The van der Waals surface area contributed by atoms with Crippen molar-refractivity contribution in [2.24, 2.45) is 5.10 Å². The first kappa shape index (κ1) is 20.4. The number of benzene rings is 1. The standard InChI is InChI=1S/C18H24N4O5/c1-2-7-19-17(24)18(25)21-20-12-14-5-3-4-6-15(14)27-13-16(23)22-8-10-26-11-9-22/h3-6,12H,2,7-11,13H2,1H3,(H,19,24)(H,21,25)/b20-12-. The fraction of sp³-hybridized carbons (Fsp3) is 0.444. The van der Waals surface area contributed by atoms with Crippen LogP contribution < -0.4 is 15.5 Å². The van der Waals surface area contributed by atoms with Crippen molar-refractivity contribution in [2.75, 3.05) is 39.5 Å². The van der Waals surface area contributed by atoms with Gasteiger partial charge in [0.15, 0.2) is 6.61 Å². The van der Waals surface area contributed by atoms with Gasteiger partial charge in [0.25, 0.3) is 5.91 Å². The van der Waals surface area contributed by atoms with Gasteiger partial charge in [-0.25, -0.2) is 5.43 Å². The van der Waals surface area contributed by atoms with Crippen molar-refractivity contribution in [3.8, 4) is 5.75 Å². The molecule has 9 nitrogen and oxygen atoms in total. The Labute approximate surface area is 157 Å². The van der Waals surface area contributed by atoms with E-state index in [1.807, 2.05) is 6.92 Å². The Hall–Kier alpha value is -2.94. The zero-order valence-corrected chi connectivity index (χ0v) is 15.3. The average molecular weight is 376 g/mol.